The van der Waals surface area contributed by atoms with Gasteiger partial charge >= 0.3 is 11.9 Å². The molecule has 0 aromatic carbocycles. The molecule has 5 rings (SSSR count). The Labute approximate surface area is 209 Å². The fourth-order valence-electron chi connectivity index (χ4n) is 8.94. The van der Waals surface area contributed by atoms with Gasteiger partial charge in [-0.25, -0.2) is 4.79 Å². The van der Waals surface area contributed by atoms with Crippen LogP contribution < -0.4 is 0 Å². The molecule has 0 aromatic rings. The summed E-state index contributed by atoms with van der Waals surface area (Å²) in [4.78, 5) is 34.6. The van der Waals surface area contributed by atoms with Crippen molar-refractivity contribution in [3.8, 4) is 0 Å². The van der Waals surface area contributed by atoms with Crippen molar-refractivity contribution in [1.29, 1.82) is 0 Å². The topological polar surface area (TPSA) is 99.1 Å². The van der Waals surface area contributed by atoms with Gasteiger partial charge in [-0.15, -0.1) is 0 Å². The zero-order valence-corrected chi connectivity index (χ0v) is 21.6. The summed E-state index contributed by atoms with van der Waals surface area (Å²) in [7, 11) is 0. The molecule has 0 aromatic heterocycles. The van der Waals surface area contributed by atoms with E-state index in [-0.39, 0.29) is 57.4 Å². The molecule has 9 atom stereocenters. The molecule has 188 valence electrons. The lowest BCUT2D eigenvalue weighted by molar-refractivity contribution is -0.220. The van der Waals surface area contributed by atoms with Gasteiger partial charge in [0.25, 0.3) is 6.47 Å². The van der Waals surface area contributed by atoms with Gasteiger partial charge in [-0.1, -0.05) is 22.9 Å². The van der Waals surface area contributed by atoms with Crippen LogP contribution in [0.25, 0.3) is 0 Å². The van der Waals surface area contributed by atoms with E-state index in [1.165, 1.54) is 6.92 Å². The van der Waals surface area contributed by atoms with Crippen molar-refractivity contribution in [2.45, 2.75) is 81.7 Å². The summed E-state index contributed by atoms with van der Waals surface area (Å²) in [5.74, 6) is 0.126. The van der Waals surface area contributed by atoms with Crippen LogP contribution in [0, 0.1) is 34.5 Å². The van der Waals surface area contributed by atoms with Gasteiger partial charge in [0.1, 0.15) is 12.7 Å². The van der Waals surface area contributed by atoms with Crippen molar-refractivity contribution in [2.75, 3.05) is 13.2 Å². The number of hydrogen-bond acceptors (Lipinski definition) is 7. The lowest BCUT2D eigenvalue weighted by Crippen LogP contribution is -2.66. The highest BCUT2D eigenvalue weighted by molar-refractivity contribution is 9.09. The lowest BCUT2D eigenvalue weighted by Gasteiger charge is -2.64. The SMILES string of the molecule is CC(=O)O[C@H]1CC[C@@]2(COC=O)[C@@H](CC[C@@H]3[C@@H]2CC[C@]2(C)[C@@H](C4=CC(=O)OC4)C[C@H](Br)[C@]32O)C1. The van der Waals surface area contributed by atoms with E-state index in [0.717, 1.165) is 56.9 Å². The quantitative estimate of drug-likeness (QED) is 0.246. The summed E-state index contributed by atoms with van der Waals surface area (Å²) in [5.41, 5.74) is -0.509. The van der Waals surface area contributed by atoms with Gasteiger partial charge in [-0.2, -0.15) is 0 Å². The zero-order valence-electron chi connectivity index (χ0n) is 20.0. The van der Waals surface area contributed by atoms with Crippen LogP contribution >= 0.6 is 15.9 Å². The molecule has 0 amide bonds. The van der Waals surface area contributed by atoms with Crippen molar-refractivity contribution in [1.82, 2.24) is 0 Å². The van der Waals surface area contributed by atoms with Crippen molar-refractivity contribution >= 4 is 34.3 Å². The molecule has 0 bridgehead atoms. The summed E-state index contributed by atoms with van der Waals surface area (Å²) in [6.45, 7) is 4.86. The summed E-state index contributed by atoms with van der Waals surface area (Å²) < 4.78 is 16.3. The maximum atomic E-state index is 12.6. The Hall–Kier alpha value is -1.41. The molecular formula is C26H35BrO7. The van der Waals surface area contributed by atoms with Gasteiger partial charge < -0.3 is 19.3 Å². The van der Waals surface area contributed by atoms with E-state index in [4.69, 9.17) is 14.2 Å². The minimum Gasteiger partial charge on any atom is -0.467 e. The van der Waals surface area contributed by atoms with Crippen LogP contribution in [0.2, 0.25) is 0 Å². The predicted octanol–water partition coefficient (Wildman–Crippen LogP) is 3.70. The van der Waals surface area contributed by atoms with Crippen molar-refractivity contribution in [2.24, 2.45) is 34.5 Å². The average Bonchev–Trinajstić information content (AvgIpc) is 3.31. The number of rotatable bonds is 5. The second kappa shape index (κ2) is 8.61. The molecule has 7 nitrogen and oxygen atoms in total. The molecule has 34 heavy (non-hydrogen) atoms. The normalized spacial score (nSPS) is 47.5. The Balaban J connectivity index is 1.47. The molecule has 1 heterocycles. The number of halogens is 1. The molecule has 8 heteroatoms. The fraction of sp³-hybridized carbons (Fsp3) is 0.808. The first-order valence-electron chi connectivity index (χ1n) is 12.6. The highest BCUT2D eigenvalue weighted by Gasteiger charge is 2.71. The van der Waals surface area contributed by atoms with Gasteiger partial charge in [0.15, 0.2) is 0 Å². The summed E-state index contributed by atoms with van der Waals surface area (Å²) in [5, 5.41) is 12.6. The molecule has 1 aliphatic heterocycles. The predicted molar refractivity (Wildman–Crippen MR) is 126 cm³/mol. The molecular weight excluding hydrogens is 504 g/mol. The Morgan fingerprint density at radius 1 is 1.24 bits per heavy atom. The molecule has 5 aliphatic rings. The number of carbonyl (C=O) groups excluding carboxylic acids is 3. The highest BCUT2D eigenvalue weighted by atomic mass is 79.9. The maximum absolute atomic E-state index is 12.6. The summed E-state index contributed by atoms with van der Waals surface area (Å²) >= 11 is 3.88. The number of cyclic esters (lactones) is 1. The first kappa shape index (κ1) is 24.3. The standard InChI is InChI=1S/C26H35BrO7/c1-15(29)34-18-5-8-25(13-32-14-28)17(10-18)3-4-20-19(25)6-7-24(2)21(11-22(27)26(20,24)31)16-9-23(30)33-12-16/h9,14,17-22,31H,3-8,10-13H2,1-2H3/t17-,18-,19-,20+,21+,22-,24+,25+,26+/m0/s1. The van der Waals surface area contributed by atoms with Crippen molar-refractivity contribution in [3.63, 3.8) is 0 Å². The van der Waals surface area contributed by atoms with Crippen LogP contribution in [0.3, 0.4) is 0 Å². The zero-order chi connectivity index (χ0) is 24.3. The van der Waals surface area contributed by atoms with Crippen LogP contribution in [-0.4, -0.2) is 53.3 Å². The van der Waals surface area contributed by atoms with Crippen LogP contribution in [0.5, 0.6) is 0 Å². The largest absolute Gasteiger partial charge is 0.467 e. The minimum atomic E-state index is -0.932. The number of ether oxygens (including phenoxy) is 3. The lowest BCUT2D eigenvalue weighted by atomic mass is 9.43. The number of carbonyl (C=O) groups is 3. The van der Waals surface area contributed by atoms with Gasteiger partial charge in [0, 0.05) is 28.7 Å². The molecule has 4 fully saturated rings. The second-order valence-corrected chi connectivity index (χ2v) is 12.6. The Morgan fingerprint density at radius 2 is 2.03 bits per heavy atom. The van der Waals surface area contributed by atoms with Crippen LogP contribution in [0.4, 0.5) is 0 Å². The smallest absolute Gasteiger partial charge is 0.331 e. The van der Waals surface area contributed by atoms with E-state index in [1.54, 1.807) is 6.08 Å². The number of hydrogen-bond donors (Lipinski definition) is 1. The molecule has 1 N–H and O–H groups in total. The van der Waals surface area contributed by atoms with E-state index in [0.29, 0.717) is 19.7 Å². The number of aliphatic hydroxyl groups is 1. The van der Waals surface area contributed by atoms with E-state index in [2.05, 4.69) is 22.9 Å². The van der Waals surface area contributed by atoms with Gasteiger partial charge in [0.05, 0.1) is 12.2 Å². The molecule has 4 aliphatic carbocycles. The summed E-state index contributed by atoms with van der Waals surface area (Å²) in [6, 6.07) is 0. The van der Waals surface area contributed by atoms with E-state index in [1.807, 2.05) is 0 Å². The van der Waals surface area contributed by atoms with Crippen molar-refractivity contribution in [3.05, 3.63) is 11.6 Å². The van der Waals surface area contributed by atoms with E-state index in [9.17, 15) is 19.5 Å². The molecule has 0 spiro atoms. The molecule has 0 radical (unpaired) electrons. The molecule has 0 saturated heterocycles. The van der Waals surface area contributed by atoms with E-state index >= 15 is 0 Å². The third-order valence-corrected chi connectivity index (χ3v) is 11.4. The van der Waals surface area contributed by atoms with Gasteiger partial charge in [-0.05, 0) is 80.6 Å². The Morgan fingerprint density at radius 3 is 2.71 bits per heavy atom. The van der Waals surface area contributed by atoms with E-state index < -0.39 is 5.60 Å². The van der Waals surface area contributed by atoms with Crippen LogP contribution in [0.1, 0.15) is 65.2 Å². The Bertz CT molecular complexity index is 904. The van der Waals surface area contributed by atoms with Crippen molar-refractivity contribution < 1.29 is 33.7 Å². The third-order valence-electron chi connectivity index (χ3n) is 10.4. The number of esters is 2. The van der Waals surface area contributed by atoms with Gasteiger partial charge in [-0.3, -0.25) is 9.59 Å². The maximum Gasteiger partial charge on any atom is 0.331 e. The number of alkyl halides is 1. The fourth-order valence-corrected chi connectivity index (χ4v) is 10.2. The highest BCUT2D eigenvalue weighted by Crippen LogP contribution is 2.71. The first-order chi connectivity index (χ1) is 16.2. The van der Waals surface area contributed by atoms with Gasteiger partial charge in [0.2, 0.25) is 0 Å². The second-order valence-electron chi connectivity index (χ2n) is 11.5. The number of fused-ring (bicyclic) bond motifs is 5. The van der Waals surface area contributed by atoms with Crippen LogP contribution in [0.15, 0.2) is 11.6 Å². The average molecular weight is 539 g/mol. The molecule has 4 saturated carbocycles. The first-order valence-corrected chi connectivity index (χ1v) is 13.5. The third kappa shape index (κ3) is 3.41. The monoisotopic (exact) mass is 538 g/mol. The van der Waals surface area contributed by atoms with Crippen LogP contribution in [-0.2, 0) is 28.6 Å². The molecule has 0 unspecified atom stereocenters. The Kier molecular flexibility index (Phi) is 6.15. The minimum absolute atomic E-state index is 0.0658. The summed E-state index contributed by atoms with van der Waals surface area (Å²) in [6.07, 6.45) is 8.25.